The van der Waals surface area contributed by atoms with Gasteiger partial charge in [0, 0.05) is 44.7 Å². The van der Waals surface area contributed by atoms with Crippen LogP contribution in [0.5, 0.6) is 0 Å². The lowest BCUT2D eigenvalue weighted by atomic mass is 10.3. The second-order valence-corrected chi connectivity index (χ2v) is 8.06. The normalized spacial score (nSPS) is 19.4. The van der Waals surface area contributed by atoms with E-state index in [0.717, 1.165) is 50.0 Å². The summed E-state index contributed by atoms with van der Waals surface area (Å²) >= 11 is 1.78. The van der Waals surface area contributed by atoms with Crippen molar-refractivity contribution in [1.82, 2.24) is 29.8 Å². The first-order valence-electron chi connectivity index (χ1n) is 8.99. The molecule has 1 aliphatic heterocycles. The minimum Gasteiger partial charge on any atom is -0.299 e. The molecule has 4 rings (SSSR count). The molecule has 3 heterocycles. The SMILES string of the molecule is Cc1ccc(=O)n(CCN2CCN(Cc3nnc(C4CC4)s3)CC2)n1. The lowest BCUT2D eigenvalue weighted by Gasteiger charge is -2.34. The smallest absolute Gasteiger partial charge is 0.266 e. The fraction of sp³-hybridized carbons (Fsp3) is 0.647. The Kier molecular flexibility index (Phi) is 4.91. The van der Waals surface area contributed by atoms with Gasteiger partial charge in [-0.15, -0.1) is 10.2 Å². The minimum absolute atomic E-state index is 0.0213. The number of rotatable bonds is 6. The molecule has 1 saturated carbocycles. The first kappa shape index (κ1) is 16.8. The Morgan fingerprint density at radius 1 is 1.08 bits per heavy atom. The van der Waals surface area contributed by atoms with E-state index in [1.165, 1.54) is 17.8 Å². The number of aryl methyl sites for hydroxylation is 1. The van der Waals surface area contributed by atoms with Gasteiger partial charge in [0.25, 0.3) is 5.56 Å². The van der Waals surface area contributed by atoms with Crippen molar-refractivity contribution in [3.63, 3.8) is 0 Å². The third-order valence-corrected chi connectivity index (χ3v) is 5.93. The molecule has 1 saturated heterocycles. The number of hydrogen-bond donors (Lipinski definition) is 0. The van der Waals surface area contributed by atoms with Crippen LogP contribution < -0.4 is 5.56 Å². The Hall–Kier alpha value is -1.64. The van der Waals surface area contributed by atoms with Crippen LogP contribution in [-0.4, -0.2) is 62.5 Å². The van der Waals surface area contributed by atoms with Crippen LogP contribution in [0.15, 0.2) is 16.9 Å². The Bertz CT molecular complexity index is 775. The van der Waals surface area contributed by atoms with Gasteiger partial charge in [-0.05, 0) is 25.8 Å². The van der Waals surface area contributed by atoms with E-state index in [2.05, 4.69) is 25.1 Å². The summed E-state index contributed by atoms with van der Waals surface area (Å²) in [4.78, 5) is 16.7. The summed E-state index contributed by atoms with van der Waals surface area (Å²) in [7, 11) is 0. The summed E-state index contributed by atoms with van der Waals surface area (Å²) in [6, 6.07) is 3.36. The molecule has 7 nitrogen and oxygen atoms in total. The van der Waals surface area contributed by atoms with Gasteiger partial charge in [-0.1, -0.05) is 11.3 Å². The first-order valence-corrected chi connectivity index (χ1v) is 9.81. The molecule has 2 aromatic rings. The number of aromatic nitrogens is 4. The van der Waals surface area contributed by atoms with Gasteiger partial charge in [-0.3, -0.25) is 14.6 Å². The molecule has 8 heteroatoms. The minimum atomic E-state index is -0.0213. The third kappa shape index (κ3) is 4.31. The summed E-state index contributed by atoms with van der Waals surface area (Å²) < 4.78 is 1.57. The topological polar surface area (TPSA) is 67.2 Å². The molecule has 0 atom stereocenters. The van der Waals surface area contributed by atoms with Crippen LogP contribution in [-0.2, 0) is 13.1 Å². The van der Waals surface area contributed by atoms with Crippen molar-refractivity contribution >= 4 is 11.3 Å². The van der Waals surface area contributed by atoms with Crippen molar-refractivity contribution in [3.05, 3.63) is 38.2 Å². The molecule has 0 spiro atoms. The van der Waals surface area contributed by atoms with Crippen LogP contribution in [0.2, 0.25) is 0 Å². The van der Waals surface area contributed by atoms with Crippen LogP contribution in [0.4, 0.5) is 0 Å². The molecular formula is C17H24N6OS. The van der Waals surface area contributed by atoms with Gasteiger partial charge in [0.05, 0.1) is 18.8 Å². The van der Waals surface area contributed by atoms with Gasteiger partial charge >= 0.3 is 0 Å². The predicted octanol–water partition coefficient (Wildman–Crippen LogP) is 1.10. The highest BCUT2D eigenvalue weighted by molar-refractivity contribution is 7.11. The third-order valence-electron chi connectivity index (χ3n) is 4.86. The van der Waals surface area contributed by atoms with E-state index in [1.807, 2.05) is 6.92 Å². The molecule has 0 amide bonds. The molecule has 2 fully saturated rings. The predicted molar refractivity (Wildman–Crippen MR) is 96.8 cm³/mol. The number of piperazine rings is 1. The summed E-state index contributed by atoms with van der Waals surface area (Å²) in [5.41, 5.74) is 0.860. The fourth-order valence-electron chi connectivity index (χ4n) is 3.14. The van der Waals surface area contributed by atoms with Gasteiger partial charge in [0.1, 0.15) is 10.0 Å². The summed E-state index contributed by atoms with van der Waals surface area (Å²) in [5, 5.41) is 15.4. The van der Waals surface area contributed by atoms with Crippen molar-refractivity contribution in [1.29, 1.82) is 0 Å². The Morgan fingerprint density at radius 2 is 1.84 bits per heavy atom. The fourth-order valence-corrected chi connectivity index (χ4v) is 4.19. The van der Waals surface area contributed by atoms with Crippen LogP contribution in [0, 0.1) is 6.92 Å². The van der Waals surface area contributed by atoms with Crippen LogP contribution in [0.3, 0.4) is 0 Å². The van der Waals surface area contributed by atoms with Gasteiger partial charge < -0.3 is 0 Å². The van der Waals surface area contributed by atoms with Crippen molar-refractivity contribution in [3.8, 4) is 0 Å². The van der Waals surface area contributed by atoms with Crippen molar-refractivity contribution in [2.24, 2.45) is 0 Å². The van der Waals surface area contributed by atoms with E-state index in [1.54, 1.807) is 28.2 Å². The van der Waals surface area contributed by atoms with Crippen molar-refractivity contribution in [2.45, 2.75) is 38.8 Å². The monoisotopic (exact) mass is 360 g/mol. The molecule has 134 valence electrons. The molecule has 25 heavy (non-hydrogen) atoms. The van der Waals surface area contributed by atoms with E-state index in [4.69, 9.17) is 0 Å². The second kappa shape index (κ2) is 7.31. The zero-order chi connectivity index (χ0) is 17.2. The Labute approximate surface area is 151 Å². The van der Waals surface area contributed by atoms with Crippen molar-refractivity contribution < 1.29 is 0 Å². The van der Waals surface area contributed by atoms with Gasteiger partial charge in [0.15, 0.2) is 0 Å². The average Bonchev–Trinajstić information content (AvgIpc) is 3.37. The highest BCUT2D eigenvalue weighted by Crippen LogP contribution is 2.41. The Balaban J connectivity index is 1.23. The van der Waals surface area contributed by atoms with Gasteiger partial charge in [0.2, 0.25) is 0 Å². The zero-order valence-electron chi connectivity index (χ0n) is 14.6. The van der Waals surface area contributed by atoms with E-state index in [-0.39, 0.29) is 5.56 Å². The average molecular weight is 360 g/mol. The van der Waals surface area contributed by atoms with E-state index in [9.17, 15) is 4.79 Å². The number of hydrogen-bond acceptors (Lipinski definition) is 7. The van der Waals surface area contributed by atoms with E-state index >= 15 is 0 Å². The molecule has 0 aromatic carbocycles. The summed E-state index contributed by atoms with van der Waals surface area (Å²) in [6.07, 6.45) is 2.57. The maximum absolute atomic E-state index is 11.8. The van der Waals surface area contributed by atoms with E-state index in [0.29, 0.717) is 12.5 Å². The Morgan fingerprint density at radius 3 is 2.60 bits per heavy atom. The lowest BCUT2D eigenvalue weighted by molar-refractivity contribution is 0.122. The summed E-state index contributed by atoms with van der Waals surface area (Å²) in [5.74, 6) is 0.696. The number of nitrogens with zero attached hydrogens (tertiary/aromatic N) is 6. The standard InChI is InChI=1S/C17H24N6OS/c1-13-2-5-16(24)23(20-13)11-10-21-6-8-22(9-7-21)12-15-18-19-17(25-15)14-3-4-14/h2,5,14H,3-4,6-12H2,1H3. The molecule has 1 aliphatic carbocycles. The summed E-state index contributed by atoms with van der Waals surface area (Å²) in [6.45, 7) is 8.47. The van der Waals surface area contributed by atoms with Crippen LogP contribution in [0.1, 0.15) is 34.5 Å². The molecule has 0 N–H and O–H groups in total. The first-order chi connectivity index (χ1) is 12.2. The molecule has 2 aromatic heterocycles. The van der Waals surface area contributed by atoms with Gasteiger partial charge in [-0.2, -0.15) is 5.10 Å². The van der Waals surface area contributed by atoms with Crippen LogP contribution in [0.25, 0.3) is 0 Å². The molecular weight excluding hydrogens is 336 g/mol. The molecule has 0 unspecified atom stereocenters. The molecule has 0 bridgehead atoms. The van der Waals surface area contributed by atoms with Crippen LogP contribution >= 0.6 is 11.3 Å². The highest BCUT2D eigenvalue weighted by atomic mass is 32.1. The molecule has 2 aliphatic rings. The van der Waals surface area contributed by atoms with Crippen molar-refractivity contribution in [2.75, 3.05) is 32.7 Å². The largest absolute Gasteiger partial charge is 0.299 e. The highest BCUT2D eigenvalue weighted by Gasteiger charge is 2.28. The van der Waals surface area contributed by atoms with E-state index < -0.39 is 0 Å². The zero-order valence-corrected chi connectivity index (χ0v) is 15.4. The maximum Gasteiger partial charge on any atom is 0.266 e. The maximum atomic E-state index is 11.8. The van der Waals surface area contributed by atoms with Gasteiger partial charge in [-0.25, -0.2) is 4.68 Å². The second-order valence-electron chi connectivity index (χ2n) is 6.96. The quantitative estimate of drug-likeness (QED) is 0.768. The molecule has 0 radical (unpaired) electrons. The lowest BCUT2D eigenvalue weighted by Crippen LogP contribution is -2.47.